The molecule has 1 aromatic carbocycles. The molecule has 1 aliphatic heterocycles. The van der Waals surface area contributed by atoms with Crippen LogP contribution < -0.4 is 10.1 Å². The summed E-state index contributed by atoms with van der Waals surface area (Å²) < 4.78 is 6.00. The van der Waals surface area contributed by atoms with Gasteiger partial charge < -0.3 is 15.0 Å². The standard InChI is InChI=1S/C16H19N3O2/c1-10-4-5-13-11(8-10)12(9-16(2,3)21-13)19-15(20)14-17-6-7-18-14/h4-8,12H,9H2,1-3H3,(H,17,18)(H,19,20). The van der Waals surface area contributed by atoms with Crippen molar-refractivity contribution in [3.8, 4) is 5.75 Å². The zero-order valence-corrected chi connectivity index (χ0v) is 12.4. The zero-order chi connectivity index (χ0) is 15.0. The molecule has 5 nitrogen and oxygen atoms in total. The minimum atomic E-state index is -0.316. The first-order valence-electron chi connectivity index (χ1n) is 7.04. The summed E-state index contributed by atoms with van der Waals surface area (Å²) in [6.07, 6.45) is 3.93. The molecule has 2 N–H and O–H groups in total. The Balaban J connectivity index is 1.91. The predicted octanol–water partition coefficient (Wildman–Crippen LogP) is 2.75. The summed E-state index contributed by atoms with van der Waals surface area (Å²) in [7, 11) is 0. The van der Waals surface area contributed by atoms with E-state index in [1.165, 1.54) is 0 Å². The minimum Gasteiger partial charge on any atom is -0.487 e. The SMILES string of the molecule is Cc1ccc2c(c1)C(NC(=O)c1ncc[nH]1)CC(C)(C)O2. The van der Waals surface area contributed by atoms with Gasteiger partial charge in [0.25, 0.3) is 5.91 Å². The third kappa shape index (κ3) is 2.77. The molecule has 1 aliphatic rings. The van der Waals surface area contributed by atoms with E-state index >= 15 is 0 Å². The monoisotopic (exact) mass is 285 g/mol. The van der Waals surface area contributed by atoms with Crippen LogP contribution in [-0.2, 0) is 0 Å². The van der Waals surface area contributed by atoms with Gasteiger partial charge in [-0.3, -0.25) is 4.79 Å². The highest BCUT2D eigenvalue weighted by molar-refractivity contribution is 5.90. The van der Waals surface area contributed by atoms with Gasteiger partial charge in [-0.1, -0.05) is 17.7 Å². The summed E-state index contributed by atoms with van der Waals surface area (Å²) in [4.78, 5) is 19.1. The normalized spacial score (nSPS) is 19.5. The molecule has 0 aliphatic carbocycles. The lowest BCUT2D eigenvalue weighted by Crippen LogP contribution is -2.41. The maximum absolute atomic E-state index is 12.2. The van der Waals surface area contributed by atoms with Crippen molar-refractivity contribution in [2.75, 3.05) is 0 Å². The molecule has 0 fully saturated rings. The Morgan fingerprint density at radius 1 is 1.48 bits per heavy atom. The van der Waals surface area contributed by atoms with E-state index in [9.17, 15) is 4.79 Å². The molecule has 0 saturated carbocycles. The highest BCUT2D eigenvalue weighted by atomic mass is 16.5. The Kier molecular flexibility index (Phi) is 3.20. The molecule has 0 bridgehead atoms. The topological polar surface area (TPSA) is 67.0 Å². The third-order valence-electron chi connectivity index (χ3n) is 3.64. The van der Waals surface area contributed by atoms with Crippen LogP contribution in [0.3, 0.4) is 0 Å². The number of aryl methyl sites for hydroxylation is 1. The third-order valence-corrected chi connectivity index (χ3v) is 3.64. The van der Waals surface area contributed by atoms with Crippen LogP contribution >= 0.6 is 0 Å². The summed E-state index contributed by atoms with van der Waals surface area (Å²) >= 11 is 0. The van der Waals surface area contributed by atoms with Crippen molar-refractivity contribution in [2.24, 2.45) is 0 Å². The second kappa shape index (κ2) is 4.91. The van der Waals surface area contributed by atoms with Gasteiger partial charge in [0, 0.05) is 24.4 Å². The van der Waals surface area contributed by atoms with E-state index in [-0.39, 0.29) is 17.6 Å². The minimum absolute atomic E-state index is 0.0822. The Hall–Kier alpha value is -2.30. The van der Waals surface area contributed by atoms with E-state index in [1.54, 1.807) is 12.4 Å². The summed E-state index contributed by atoms with van der Waals surface area (Å²) in [6.45, 7) is 6.09. The van der Waals surface area contributed by atoms with E-state index in [0.717, 1.165) is 23.3 Å². The summed E-state index contributed by atoms with van der Waals surface area (Å²) in [5.41, 5.74) is 1.85. The average molecular weight is 285 g/mol. The summed E-state index contributed by atoms with van der Waals surface area (Å²) in [5.74, 6) is 0.963. The van der Waals surface area contributed by atoms with Crippen LogP contribution in [0.25, 0.3) is 0 Å². The summed E-state index contributed by atoms with van der Waals surface area (Å²) in [5, 5.41) is 3.05. The van der Waals surface area contributed by atoms with Crippen molar-refractivity contribution >= 4 is 5.91 Å². The van der Waals surface area contributed by atoms with Crippen molar-refractivity contribution in [1.29, 1.82) is 0 Å². The molecule has 3 rings (SSSR count). The Morgan fingerprint density at radius 2 is 2.29 bits per heavy atom. The van der Waals surface area contributed by atoms with Gasteiger partial charge in [0.15, 0.2) is 5.82 Å². The zero-order valence-electron chi connectivity index (χ0n) is 12.4. The van der Waals surface area contributed by atoms with Gasteiger partial charge in [0.1, 0.15) is 11.4 Å². The molecule has 21 heavy (non-hydrogen) atoms. The molecular formula is C16H19N3O2. The van der Waals surface area contributed by atoms with Gasteiger partial charge >= 0.3 is 0 Å². The second-order valence-corrected chi connectivity index (χ2v) is 6.07. The average Bonchev–Trinajstić information content (AvgIpc) is 2.93. The number of aromatic amines is 1. The number of ether oxygens (including phenoxy) is 1. The number of benzene rings is 1. The number of hydrogen-bond donors (Lipinski definition) is 2. The predicted molar refractivity (Wildman–Crippen MR) is 79.3 cm³/mol. The number of nitrogens with zero attached hydrogens (tertiary/aromatic N) is 1. The van der Waals surface area contributed by atoms with Gasteiger partial charge in [0.2, 0.25) is 0 Å². The van der Waals surface area contributed by atoms with Gasteiger partial charge in [-0.25, -0.2) is 4.98 Å². The quantitative estimate of drug-likeness (QED) is 0.891. The number of nitrogens with one attached hydrogen (secondary N) is 2. The van der Waals surface area contributed by atoms with Crippen LogP contribution in [0.1, 0.15) is 48.1 Å². The fourth-order valence-electron chi connectivity index (χ4n) is 2.72. The van der Waals surface area contributed by atoms with Crippen LogP contribution in [0, 0.1) is 6.92 Å². The Labute approximate surface area is 123 Å². The van der Waals surface area contributed by atoms with E-state index in [1.807, 2.05) is 32.9 Å². The van der Waals surface area contributed by atoms with Crippen molar-refractivity contribution in [2.45, 2.75) is 38.8 Å². The van der Waals surface area contributed by atoms with Gasteiger partial charge in [-0.15, -0.1) is 0 Å². The molecule has 1 aromatic heterocycles. The Bertz CT molecular complexity index is 662. The maximum atomic E-state index is 12.2. The molecule has 1 amide bonds. The van der Waals surface area contributed by atoms with Crippen LogP contribution in [0.4, 0.5) is 0 Å². The van der Waals surface area contributed by atoms with Gasteiger partial charge in [0.05, 0.1) is 6.04 Å². The second-order valence-electron chi connectivity index (χ2n) is 6.07. The molecule has 5 heteroatoms. The van der Waals surface area contributed by atoms with Crippen LogP contribution in [0.15, 0.2) is 30.6 Å². The lowest BCUT2D eigenvalue weighted by Gasteiger charge is -2.38. The van der Waals surface area contributed by atoms with Crippen molar-refractivity contribution in [3.05, 3.63) is 47.5 Å². The lowest BCUT2D eigenvalue weighted by atomic mass is 9.89. The number of carbonyl (C=O) groups excluding carboxylic acids is 1. The largest absolute Gasteiger partial charge is 0.487 e. The number of hydrogen-bond acceptors (Lipinski definition) is 3. The number of rotatable bonds is 2. The number of fused-ring (bicyclic) bond motifs is 1. The fourth-order valence-corrected chi connectivity index (χ4v) is 2.72. The molecule has 2 aromatic rings. The molecule has 2 heterocycles. The summed E-state index contributed by atoms with van der Waals surface area (Å²) in [6, 6.07) is 5.97. The first-order chi connectivity index (χ1) is 9.94. The first kappa shape index (κ1) is 13.7. The van der Waals surface area contributed by atoms with E-state index in [4.69, 9.17) is 4.74 Å². The molecular weight excluding hydrogens is 266 g/mol. The molecule has 0 saturated heterocycles. The van der Waals surface area contributed by atoms with Crippen molar-refractivity contribution in [3.63, 3.8) is 0 Å². The van der Waals surface area contributed by atoms with Crippen LogP contribution in [0.2, 0.25) is 0 Å². The Morgan fingerprint density at radius 3 is 3.00 bits per heavy atom. The smallest absolute Gasteiger partial charge is 0.287 e. The van der Waals surface area contributed by atoms with Crippen LogP contribution in [0.5, 0.6) is 5.75 Å². The first-order valence-corrected chi connectivity index (χ1v) is 7.04. The number of imidazole rings is 1. The molecule has 0 radical (unpaired) electrons. The van der Waals surface area contributed by atoms with Gasteiger partial charge in [-0.2, -0.15) is 0 Å². The maximum Gasteiger partial charge on any atom is 0.287 e. The van der Waals surface area contributed by atoms with Gasteiger partial charge in [-0.05, 0) is 26.8 Å². The van der Waals surface area contributed by atoms with E-state index in [2.05, 4.69) is 21.4 Å². The van der Waals surface area contributed by atoms with E-state index in [0.29, 0.717) is 5.82 Å². The lowest BCUT2D eigenvalue weighted by molar-refractivity contribution is 0.0616. The fraction of sp³-hybridized carbons (Fsp3) is 0.375. The highest BCUT2D eigenvalue weighted by Crippen LogP contribution is 2.39. The molecule has 110 valence electrons. The highest BCUT2D eigenvalue weighted by Gasteiger charge is 2.34. The van der Waals surface area contributed by atoms with E-state index < -0.39 is 0 Å². The number of H-pyrrole nitrogens is 1. The van der Waals surface area contributed by atoms with Crippen molar-refractivity contribution in [1.82, 2.24) is 15.3 Å². The molecule has 1 unspecified atom stereocenters. The molecule has 1 atom stereocenters. The number of carbonyl (C=O) groups is 1. The number of aromatic nitrogens is 2. The molecule has 0 spiro atoms. The van der Waals surface area contributed by atoms with Crippen molar-refractivity contribution < 1.29 is 9.53 Å². The number of amides is 1. The van der Waals surface area contributed by atoms with Crippen LogP contribution in [-0.4, -0.2) is 21.5 Å².